The van der Waals surface area contributed by atoms with Crippen LogP contribution in [0.25, 0.3) is 0 Å². The van der Waals surface area contributed by atoms with Gasteiger partial charge in [0, 0.05) is 12.8 Å². The van der Waals surface area contributed by atoms with E-state index in [1.807, 2.05) is 62.0 Å². The monoisotopic (exact) mass is 300 g/mol. The maximum atomic E-state index is 9.77. The zero-order valence-electron chi connectivity index (χ0n) is 12.6. The first-order valence-electron chi connectivity index (χ1n) is 6.96. The van der Waals surface area contributed by atoms with Gasteiger partial charge < -0.3 is 0 Å². The lowest BCUT2D eigenvalue weighted by Gasteiger charge is -2.27. The number of nitrogens with one attached hydrogen (secondary N) is 1. The number of hydrogen-bond donors (Lipinski definition) is 1. The van der Waals surface area contributed by atoms with Crippen molar-refractivity contribution >= 4 is 11.8 Å². The maximum Gasteiger partial charge on any atom is 0.141 e. The summed E-state index contributed by atoms with van der Waals surface area (Å²) in [5, 5.41) is 18.5. The van der Waals surface area contributed by atoms with E-state index in [1.54, 1.807) is 11.8 Å². The van der Waals surface area contributed by atoms with Crippen LogP contribution in [0.15, 0.2) is 41.4 Å². The average molecular weight is 300 g/mol. The summed E-state index contributed by atoms with van der Waals surface area (Å²) in [4.78, 5) is 0. The molecule has 21 heavy (non-hydrogen) atoms. The van der Waals surface area contributed by atoms with E-state index in [-0.39, 0.29) is 0 Å². The fourth-order valence-electron chi connectivity index (χ4n) is 2.30. The molecule has 4 nitrogen and oxygen atoms in total. The van der Waals surface area contributed by atoms with Crippen LogP contribution in [-0.2, 0) is 12.6 Å². The van der Waals surface area contributed by atoms with Crippen LogP contribution in [0.2, 0.25) is 0 Å². The topological polar surface area (TPSA) is 53.6 Å². The Labute approximate surface area is 130 Å². The van der Waals surface area contributed by atoms with Crippen LogP contribution in [-0.4, -0.2) is 22.1 Å². The zero-order chi connectivity index (χ0) is 15.3. The quantitative estimate of drug-likeness (QED) is 0.834. The summed E-state index contributed by atoms with van der Waals surface area (Å²) in [6, 6.07) is 14.4. The summed E-state index contributed by atoms with van der Waals surface area (Å²) >= 11 is 1.65. The van der Waals surface area contributed by atoms with E-state index in [9.17, 15) is 5.26 Å². The lowest BCUT2D eigenvalue weighted by molar-refractivity contribution is 0.490. The summed E-state index contributed by atoms with van der Waals surface area (Å²) in [5.74, 6) is 0.639. The first-order chi connectivity index (χ1) is 10.1. The minimum absolute atomic E-state index is 0.639. The molecule has 2 aromatic rings. The Morgan fingerprint density at radius 2 is 2.10 bits per heavy atom. The van der Waals surface area contributed by atoms with Gasteiger partial charge in [-0.25, -0.2) is 0 Å². The fraction of sp³-hybridized carbons (Fsp3) is 0.375. The van der Waals surface area contributed by atoms with Crippen LogP contribution in [0.5, 0.6) is 0 Å². The molecule has 1 aromatic carbocycles. The summed E-state index contributed by atoms with van der Waals surface area (Å²) in [6.45, 7) is 4.74. The van der Waals surface area contributed by atoms with Crippen LogP contribution in [0.1, 0.15) is 18.2 Å². The molecule has 1 N–H and O–H groups in total. The van der Waals surface area contributed by atoms with Crippen LogP contribution in [0.4, 0.5) is 0 Å². The number of thioether (sulfide) groups is 1. The van der Waals surface area contributed by atoms with Crippen molar-refractivity contribution in [1.29, 1.82) is 5.26 Å². The van der Waals surface area contributed by atoms with Crippen molar-refractivity contribution in [3.05, 3.63) is 47.7 Å². The highest BCUT2D eigenvalue weighted by molar-refractivity contribution is 7.99. The van der Waals surface area contributed by atoms with Crippen molar-refractivity contribution in [1.82, 2.24) is 15.1 Å². The van der Waals surface area contributed by atoms with Gasteiger partial charge in [-0.15, -0.1) is 11.8 Å². The smallest absolute Gasteiger partial charge is 0.141 e. The molecule has 0 bridgehead atoms. The van der Waals surface area contributed by atoms with E-state index >= 15 is 0 Å². The lowest BCUT2D eigenvalue weighted by Crippen LogP contribution is -2.43. The molecule has 1 atom stereocenters. The van der Waals surface area contributed by atoms with Crippen LogP contribution in [0, 0.1) is 18.3 Å². The molecule has 0 saturated heterocycles. The third-order valence-corrected chi connectivity index (χ3v) is 4.59. The molecule has 0 aliphatic heterocycles. The van der Waals surface area contributed by atoms with Crippen molar-refractivity contribution in [3.8, 4) is 6.07 Å². The predicted octanol–water partition coefficient (Wildman–Crippen LogP) is 2.85. The molecule has 0 amide bonds. The van der Waals surface area contributed by atoms with E-state index in [4.69, 9.17) is 0 Å². The third kappa shape index (κ3) is 3.46. The predicted molar refractivity (Wildman–Crippen MR) is 86.1 cm³/mol. The number of hydrogen-bond acceptors (Lipinski definition) is 4. The Kier molecular flexibility index (Phi) is 5.05. The molecule has 0 aliphatic rings. The molecule has 2 rings (SSSR count). The van der Waals surface area contributed by atoms with E-state index < -0.39 is 5.54 Å². The molecular formula is C16H20N4S. The Morgan fingerprint density at radius 1 is 1.38 bits per heavy atom. The molecule has 0 saturated carbocycles. The van der Waals surface area contributed by atoms with Gasteiger partial charge in [-0.2, -0.15) is 10.4 Å². The van der Waals surface area contributed by atoms with Crippen molar-refractivity contribution in [2.24, 2.45) is 7.05 Å². The Hall–Kier alpha value is -1.77. The number of nitrogens with zero attached hydrogens (tertiary/aromatic N) is 3. The molecule has 0 radical (unpaired) electrons. The van der Waals surface area contributed by atoms with E-state index in [2.05, 4.69) is 16.5 Å². The first kappa shape index (κ1) is 15.6. The molecule has 5 heteroatoms. The van der Waals surface area contributed by atoms with Crippen LogP contribution < -0.4 is 5.32 Å². The molecule has 0 fully saturated rings. The van der Waals surface area contributed by atoms with Gasteiger partial charge in [-0.3, -0.25) is 10.00 Å². The molecule has 1 unspecified atom stereocenters. The largest absolute Gasteiger partial charge is 0.295 e. The third-order valence-electron chi connectivity index (χ3n) is 3.33. The summed E-state index contributed by atoms with van der Waals surface area (Å²) in [5.41, 5.74) is 1.31. The number of rotatable bonds is 6. The minimum Gasteiger partial charge on any atom is -0.295 e. The number of benzene rings is 1. The average Bonchev–Trinajstić information content (AvgIpc) is 2.82. The second-order valence-electron chi connectivity index (χ2n) is 4.95. The van der Waals surface area contributed by atoms with Gasteiger partial charge in [0.15, 0.2) is 0 Å². The highest BCUT2D eigenvalue weighted by Gasteiger charge is 2.31. The standard InChI is InChI=1S/C16H20N4S/c1-4-18-16(11-17,14-8-6-5-7-9-14)12-21-15-10-13(2)19-20(15)3/h5-10,18H,4,12H2,1-3H3. The van der Waals surface area contributed by atoms with Gasteiger partial charge in [0.2, 0.25) is 0 Å². The van der Waals surface area contributed by atoms with Crippen molar-refractivity contribution in [2.45, 2.75) is 24.4 Å². The van der Waals surface area contributed by atoms with Crippen LogP contribution >= 0.6 is 11.8 Å². The second-order valence-corrected chi connectivity index (χ2v) is 5.95. The molecule has 0 spiro atoms. The van der Waals surface area contributed by atoms with Gasteiger partial charge in [0.1, 0.15) is 5.54 Å². The molecular weight excluding hydrogens is 280 g/mol. The number of nitriles is 1. The summed E-state index contributed by atoms with van der Waals surface area (Å²) in [6.07, 6.45) is 0. The fourth-order valence-corrected chi connectivity index (χ4v) is 3.48. The van der Waals surface area contributed by atoms with Crippen LogP contribution in [0.3, 0.4) is 0 Å². The molecule has 1 aromatic heterocycles. The van der Waals surface area contributed by atoms with Crippen molar-refractivity contribution in [2.75, 3.05) is 12.3 Å². The molecule has 110 valence electrons. The van der Waals surface area contributed by atoms with Gasteiger partial charge in [-0.05, 0) is 25.1 Å². The van der Waals surface area contributed by atoms with Gasteiger partial charge >= 0.3 is 0 Å². The van der Waals surface area contributed by atoms with Gasteiger partial charge in [0.25, 0.3) is 0 Å². The van der Waals surface area contributed by atoms with E-state index in [0.717, 1.165) is 22.8 Å². The molecule has 0 aliphatic carbocycles. The van der Waals surface area contributed by atoms with Crippen molar-refractivity contribution in [3.63, 3.8) is 0 Å². The SMILES string of the molecule is CCNC(C#N)(CSc1cc(C)nn1C)c1ccccc1. The van der Waals surface area contributed by atoms with E-state index in [0.29, 0.717) is 5.75 Å². The van der Waals surface area contributed by atoms with Gasteiger partial charge in [-0.1, -0.05) is 37.3 Å². The van der Waals surface area contributed by atoms with E-state index in [1.165, 1.54) is 0 Å². The highest BCUT2D eigenvalue weighted by atomic mass is 32.2. The first-order valence-corrected chi connectivity index (χ1v) is 7.95. The Morgan fingerprint density at radius 3 is 2.62 bits per heavy atom. The summed E-state index contributed by atoms with van der Waals surface area (Å²) < 4.78 is 1.86. The second kappa shape index (κ2) is 6.79. The normalized spacial score (nSPS) is 13.6. The maximum absolute atomic E-state index is 9.77. The number of aryl methyl sites for hydroxylation is 2. The zero-order valence-corrected chi connectivity index (χ0v) is 13.4. The lowest BCUT2D eigenvalue weighted by atomic mass is 9.93. The minimum atomic E-state index is -0.682. The summed E-state index contributed by atoms with van der Waals surface area (Å²) in [7, 11) is 1.93. The van der Waals surface area contributed by atoms with Gasteiger partial charge in [0.05, 0.1) is 16.8 Å². The Balaban J connectivity index is 2.25. The highest BCUT2D eigenvalue weighted by Crippen LogP contribution is 2.29. The molecule has 1 heterocycles. The van der Waals surface area contributed by atoms with Crippen molar-refractivity contribution < 1.29 is 0 Å². The number of aromatic nitrogens is 2. The Bertz CT molecular complexity index is 629.